The Morgan fingerprint density at radius 3 is 2.53 bits per heavy atom. The van der Waals surface area contributed by atoms with Gasteiger partial charge in [-0.05, 0) is 49.6 Å². The fourth-order valence-corrected chi connectivity index (χ4v) is 2.47. The molecule has 17 heavy (non-hydrogen) atoms. The highest BCUT2D eigenvalue weighted by atomic mass is 35.5. The molecule has 1 N–H and O–H groups in total. The summed E-state index contributed by atoms with van der Waals surface area (Å²) in [7, 11) is 0. The second kappa shape index (κ2) is 8.84. The molecule has 0 saturated heterocycles. The second-order valence-electron chi connectivity index (χ2n) is 4.59. The summed E-state index contributed by atoms with van der Waals surface area (Å²) in [5.41, 5.74) is 0. The fraction of sp³-hybridized carbons (Fsp3) is 0.571. The van der Waals surface area contributed by atoms with Crippen molar-refractivity contribution in [1.82, 2.24) is 5.32 Å². The van der Waals surface area contributed by atoms with E-state index in [2.05, 4.69) is 31.3 Å². The van der Waals surface area contributed by atoms with E-state index in [-0.39, 0.29) is 0 Å². The standard InChI is InChI=1S/C14H22ClNS/c1-12(2)4-3-9-16-10-11-17-14-7-5-13(15)6-8-14/h5-8,12,16H,3-4,9-11H2,1-2H3. The topological polar surface area (TPSA) is 12.0 Å². The van der Waals surface area contributed by atoms with Gasteiger partial charge in [0.1, 0.15) is 0 Å². The van der Waals surface area contributed by atoms with Gasteiger partial charge in [0.05, 0.1) is 0 Å². The Morgan fingerprint density at radius 2 is 1.88 bits per heavy atom. The van der Waals surface area contributed by atoms with Crippen LogP contribution in [0.5, 0.6) is 0 Å². The van der Waals surface area contributed by atoms with Crippen molar-refractivity contribution in [2.24, 2.45) is 5.92 Å². The highest BCUT2D eigenvalue weighted by Gasteiger charge is 1.95. The highest BCUT2D eigenvalue weighted by Crippen LogP contribution is 2.19. The molecular formula is C14H22ClNS. The molecule has 96 valence electrons. The Hall–Kier alpha value is -0.180. The zero-order valence-corrected chi connectivity index (χ0v) is 12.3. The molecule has 0 saturated carbocycles. The van der Waals surface area contributed by atoms with Gasteiger partial charge in [-0.25, -0.2) is 0 Å². The predicted molar refractivity (Wildman–Crippen MR) is 79.1 cm³/mol. The molecule has 0 aliphatic rings. The van der Waals surface area contributed by atoms with Crippen molar-refractivity contribution in [2.45, 2.75) is 31.6 Å². The molecule has 0 atom stereocenters. The van der Waals surface area contributed by atoms with E-state index in [0.717, 1.165) is 29.8 Å². The molecule has 1 nitrogen and oxygen atoms in total. The van der Waals surface area contributed by atoms with Gasteiger partial charge in [-0.3, -0.25) is 0 Å². The zero-order valence-electron chi connectivity index (χ0n) is 10.7. The molecule has 0 aliphatic carbocycles. The van der Waals surface area contributed by atoms with Crippen molar-refractivity contribution in [2.75, 3.05) is 18.8 Å². The summed E-state index contributed by atoms with van der Waals surface area (Å²) in [6.45, 7) is 6.76. The summed E-state index contributed by atoms with van der Waals surface area (Å²) in [5, 5.41) is 4.28. The first-order valence-electron chi connectivity index (χ1n) is 6.27. The monoisotopic (exact) mass is 271 g/mol. The molecule has 0 amide bonds. The Kier molecular flexibility index (Phi) is 7.74. The maximum atomic E-state index is 5.83. The minimum atomic E-state index is 0.807. The Labute approximate surface area is 114 Å². The first kappa shape index (κ1) is 14.9. The van der Waals surface area contributed by atoms with Crippen LogP contribution in [-0.2, 0) is 0 Å². The van der Waals surface area contributed by atoms with Crippen LogP contribution in [0.4, 0.5) is 0 Å². The first-order chi connectivity index (χ1) is 8.18. The van der Waals surface area contributed by atoms with Crippen LogP contribution in [0.25, 0.3) is 0 Å². The third kappa shape index (κ3) is 7.69. The molecule has 3 heteroatoms. The fourth-order valence-electron chi connectivity index (χ4n) is 1.53. The second-order valence-corrected chi connectivity index (χ2v) is 6.19. The summed E-state index contributed by atoms with van der Waals surface area (Å²) < 4.78 is 0. The molecule has 1 rings (SSSR count). The van der Waals surface area contributed by atoms with Gasteiger partial charge in [-0.2, -0.15) is 0 Å². The number of hydrogen-bond donors (Lipinski definition) is 1. The number of thioether (sulfide) groups is 1. The van der Waals surface area contributed by atoms with E-state index in [1.54, 1.807) is 0 Å². The lowest BCUT2D eigenvalue weighted by molar-refractivity contribution is 0.534. The van der Waals surface area contributed by atoms with Crippen LogP contribution in [-0.4, -0.2) is 18.8 Å². The van der Waals surface area contributed by atoms with Gasteiger partial charge in [-0.1, -0.05) is 25.4 Å². The summed E-state index contributed by atoms with van der Waals surface area (Å²) >= 11 is 7.71. The Morgan fingerprint density at radius 1 is 1.18 bits per heavy atom. The number of rotatable bonds is 8. The predicted octanol–water partition coefficient (Wildman–Crippen LogP) is 4.46. The molecule has 0 heterocycles. The van der Waals surface area contributed by atoms with E-state index in [0.29, 0.717) is 0 Å². The minimum absolute atomic E-state index is 0.807. The van der Waals surface area contributed by atoms with Gasteiger partial charge >= 0.3 is 0 Å². The molecule has 1 aromatic carbocycles. The first-order valence-corrected chi connectivity index (χ1v) is 7.64. The average Bonchev–Trinajstić information content (AvgIpc) is 2.30. The van der Waals surface area contributed by atoms with Crippen LogP contribution in [0.15, 0.2) is 29.2 Å². The SMILES string of the molecule is CC(C)CCCNCCSc1ccc(Cl)cc1. The molecule has 0 spiro atoms. The van der Waals surface area contributed by atoms with Crippen molar-refractivity contribution in [3.8, 4) is 0 Å². The van der Waals surface area contributed by atoms with Crippen LogP contribution in [0.2, 0.25) is 5.02 Å². The number of nitrogens with one attached hydrogen (secondary N) is 1. The quantitative estimate of drug-likeness (QED) is 0.553. The normalized spacial score (nSPS) is 11.1. The maximum absolute atomic E-state index is 5.83. The lowest BCUT2D eigenvalue weighted by Crippen LogP contribution is -2.18. The van der Waals surface area contributed by atoms with Crippen molar-refractivity contribution in [1.29, 1.82) is 0 Å². The van der Waals surface area contributed by atoms with E-state index in [9.17, 15) is 0 Å². The third-order valence-electron chi connectivity index (χ3n) is 2.50. The summed E-state index contributed by atoms with van der Waals surface area (Å²) in [6, 6.07) is 8.04. The molecule has 0 fully saturated rings. The van der Waals surface area contributed by atoms with Gasteiger partial charge in [0.25, 0.3) is 0 Å². The van der Waals surface area contributed by atoms with Crippen LogP contribution in [0, 0.1) is 5.92 Å². The maximum Gasteiger partial charge on any atom is 0.0406 e. The summed E-state index contributed by atoms with van der Waals surface area (Å²) in [5.74, 6) is 1.93. The lowest BCUT2D eigenvalue weighted by Gasteiger charge is -2.06. The van der Waals surface area contributed by atoms with E-state index in [1.165, 1.54) is 17.7 Å². The molecule has 1 aromatic rings. The average molecular weight is 272 g/mol. The van der Waals surface area contributed by atoms with Gasteiger partial charge in [0.2, 0.25) is 0 Å². The van der Waals surface area contributed by atoms with E-state index in [4.69, 9.17) is 11.6 Å². The minimum Gasteiger partial charge on any atom is -0.316 e. The van der Waals surface area contributed by atoms with Crippen LogP contribution >= 0.6 is 23.4 Å². The van der Waals surface area contributed by atoms with Gasteiger partial charge < -0.3 is 5.32 Å². The smallest absolute Gasteiger partial charge is 0.0406 e. The largest absolute Gasteiger partial charge is 0.316 e. The van der Waals surface area contributed by atoms with E-state index < -0.39 is 0 Å². The number of halogens is 1. The molecular weight excluding hydrogens is 250 g/mol. The Balaban J connectivity index is 1.99. The van der Waals surface area contributed by atoms with Gasteiger partial charge in [0.15, 0.2) is 0 Å². The van der Waals surface area contributed by atoms with Crippen molar-refractivity contribution < 1.29 is 0 Å². The van der Waals surface area contributed by atoms with Crippen molar-refractivity contribution in [3.05, 3.63) is 29.3 Å². The zero-order chi connectivity index (χ0) is 12.5. The van der Waals surface area contributed by atoms with E-state index >= 15 is 0 Å². The number of benzene rings is 1. The Bertz CT molecular complexity index is 298. The van der Waals surface area contributed by atoms with E-state index in [1.807, 2.05) is 23.9 Å². The summed E-state index contributed by atoms with van der Waals surface area (Å²) in [4.78, 5) is 1.29. The van der Waals surface area contributed by atoms with Crippen LogP contribution < -0.4 is 5.32 Å². The summed E-state index contributed by atoms with van der Waals surface area (Å²) in [6.07, 6.45) is 2.60. The molecule has 0 aromatic heterocycles. The van der Waals surface area contributed by atoms with Crippen LogP contribution in [0.1, 0.15) is 26.7 Å². The third-order valence-corrected chi connectivity index (χ3v) is 3.76. The highest BCUT2D eigenvalue weighted by molar-refractivity contribution is 7.99. The molecule has 0 aliphatic heterocycles. The molecule has 0 unspecified atom stereocenters. The van der Waals surface area contributed by atoms with Crippen molar-refractivity contribution >= 4 is 23.4 Å². The molecule has 0 bridgehead atoms. The lowest BCUT2D eigenvalue weighted by atomic mass is 10.1. The number of hydrogen-bond acceptors (Lipinski definition) is 2. The van der Waals surface area contributed by atoms with Gasteiger partial charge in [-0.15, -0.1) is 11.8 Å². The molecule has 0 radical (unpaired) electrons. The van der Waals surface area contributed by atoms with Crippen LogP contribution in [0.3, 0.4) is 0 Å². The van der Waals surface area contributed by atoms with Crippen molar-refractivity contribution in [3.63, 3.8) is 0 Å². The van der Waals surface area contributed by atoms with Gasteiger partial charge in [0, 0.05) is 22.2 Å².